The Kier molecular flexibility index (Phi) is 7.38. The predicted octanol–water partition coefficient (Wildman–Crippen LogP) is 11.7. The fourth-order valence-electron chi connectivity index (χ4n) is 6.80. The smallest absolute Gasteiger partial charge is 0.0628 e. The lowest BCUT2D eigenvalue weighted by Crippen LogP contribution is -2.37. The summed E-state index contributed by atoms with van der Waals surface area (Å²) < 4.78 is 0. The Hall–Kier alpha value is -5.86. The van der Waals surface area contributed by atoms with Crippen LogP contribution in [-0.2, 0) is 0 Å². The number of fused-ring (bicyclic) bond motifs is 2. The zero-order chi connectivity index (χ0) is 30.7. The summed E-state index contributed by atoms with van der Waals surface area (Å²) in [6.07, 6.45) is 15.6. The van der Waals surface area contributed by atoms with E-state index in [1.54, 1.807) is 0 Å². The summed E-state index contributed by atoms with van der Waals surface area (Å²) in [7, 11) is 0. The molecule has 8 rings (SSSR count). The van der Waals surface area contributed by atoms with Gasteiger partial charge >= 0.3 is 0 Å². The van der Waals surface area contributed by atoms with E-state index in [0.29, 0.717) is 5.92 Å². The second-order valence-electron chi connectivity index (χ2n) is 11.8. The molecule has 2 nitrogen and oxygen atoms in total. The Morgan fingerprint density at radius 3 is 1.76 bits per heavy atom. The zero-order valence-electron chi connectivity index (χ0n) is 25.5. The van der Waals surface area contributed by atoms with E-state index in [-0.39, 0.29) is 6.04 Å². The van der Waals surface area contributed by atoms with Crippen LogP contribution in [0.4, 0.5) is 28.4 Å². The Balaban J connectivity index is 1.13. The highest BCUT2D eigenvalue weighted by atomic mass is 15.2. The summed E-state index contributed by atoms with van der Waals surface area (Å²) >= 11 is 0. The van der Waals surface area contributed by atoms with Gasteiger partial charge in [0.15, 0.2) is 0 Å². The molecule has 2 heteroatoms. The van der Waals surface area contributed by atoms with Crippen LogP contribution in [0.1, 0.15) is 0 Å². The molecule has 2 aliphatic carbocycles. The molecule has 0 heterocycles. The average molecular weight is 591 g/mol. The molecule has 0 bridgehead atoms. The molecule has 0 spiro atoms. The number of hydrogen-bond acceptors (Lipinski definition) is 2. The Bertz CT molecular complexity index is 2080. The van der Waals surface area contributed by atoms with Crippen LogP contribution in [0.5, 0.6) is 0 Å². The first-order valence-corrected chi connectivity index (χ1v) is 15.9. The normalized spacial score (nSPS) is 16.6. The van der Waals surface area contributed by atoms with Gasteiger partial charge in [0.25, 0.3) is 0 Å². The van der Waals surface area contributed by atoms with Gasteiger partial charge in [-0.2, -0.15) is 0 Å². The van der Waals surface area contributed by atoms with E-state index in [9.17, 15) is 0 Å². The minimum absolute atomic E-state index is 0.187. The van der Waals surface area contributed by atoms with E-state index < -0.39 is 0 Å². The van der Waals surface area contributed by atoms with Crippen LogP contribution >= 0.6 is 0 Å². The van der Waals surface area contributed by atoms with Gasteiger partial charge in [0.2, 0.25) is 0 Å². The maximum Gasteiger partial charge on any atom is 0.0628 e. The van der Waals surface area contributed by atoms with Crippen molar-refractivity contribution in [3.8, 4) is 11.1 Å². The monoisotopic (exact) mass is 590 g/mol. The molecule has 0 N–H and O–H groups in total. The molecule has 6 aromatic carbocycles. The van der Waals surface area contributed by atoms with Crippen LogP contribution in [-0.4, -0.2) is 6.04 Å². The number of nitrogens with zero attached hydrogens (tertiary/aromatic N) is 2. The van der Waals surface area contributed by atoms with Gasteiger partial charge in [0.1, 0.15) is 0 Å². The SMILES string of the molecule is C1=CC2=CC=CC(N(c3ccccc3)c3ccc(-c4ccc(N(c5ccccc5)c5cccc6ccccc56)cc4)cc3)C2C=C1. The van der Waals surface area contributed by atoms with E-state index in [1.165, 1.54) is 44.5 Å². The minimum atomic E-state index is 0.187. The second-order valence-corrected chi connectivity index (χ2v) is 11.8. The zero-order valence-corrected chi connectivity index (χ0v) is 25.5. The first kappa shape index (κ1) is 27.7. The first-order chi connectivity index (χ1) is 22.8. The van der Waals surface area contributed by atoms with Crippen molar-refractivity contribution in [2.75, 3.05) is 9.80 Å². The summed E-state index contributed by atoms with van der Waals surface area (Å²) in [4.78, 5) is 4.81. The van der Waals surface area contributed by atoms with Crippen molar-refractivity contribution in [3.63, 3.8) is 0 Å². The van der Waals surface area contributed by atoms with Crippen LogP contribution in [0, 0.1) is 5.92 Å². The first-order valence-electron chi connectivity index (χ1n) is 15.9. The number of allylic oxidation sites excluding steroid dienone is 5. The minimum Gasteiger partial charge on any atom is -0.334 e. The lowest BCUT2D eigenvalue weighted by Gasteiger charge is -2.38. The quantitative estimate of drug-likeness (QED) is 0.182. The number of benzene rings is 6. The van der Waals surface area contributed by atoms with Gasteiger partial charge in [0.05, 0.1) is 11.7 Å². The fraction of sp³-hybridized carbons (Fsp3) is 0.0455. The van der Waals surface area contributed by atoms with Crippen LogP contribution in [0.25, 0.3) is 21.9 Å². The van der Waals surface area contributed by atoms with Gasteiger partial charge in [-0.3, -0.25) is 0 Å². The van der Waals surface area contributed by atoms with Gasteiger partial charge in [-0.15, -0.1) is 0 Å². The third-order valence-electron chi connectivity index (χ3n) is 9.03. The van der Waals surface area contributed by atoms with Gasteiger partial charge in [-0.1, -0.05) is 140 Å². The molecule has 0 fully saturated rings. The molecule has 0 aromatic heterocycles. The molecule has 2 atom stereocenters. The summed E-state index contributed by atoms with van der Waals surface area (Å²) in [6, 6.07) is 54.6. The molecule has 0 saturated carbocycles. The number of para-hydroxylation sites is 2. The van der Waals surface area contributed by atoms with E-state index in [0.717, 1.165) is 11.4 Å². The maximum atomic E-state index is 2.46. The van der Waals surface area contributed by atoms with Gasteiger partial charge < -0.3 is 9.80 Å². The molecule has 0 amide bonds. The number of anilines is 5. The van der Waals surface area contributed by atoms with Crippen LogP contribution in [0.2, 0.25) is 0 Å². The van der Waals surface area contributed by atoms with Crippen molar-refractivity contribution < 1.29 is 0 Å². The van der Waals surface area contributed by atoms with E-state index in [4.69, 9.17) is 0 Å². The summed E-state index contributed by atoms with van der Waals surface area (Å²) in [5.41, 5.74) is 9.53. The predicted molar refractivity (Wildman–Crippen MR) is 195 cm³/mol. The third kappa shape index (κ3) is 5.25. The van der Waals surface area contributed by atoms with Crippen molar-refractivity contribution in [3.05, 3.63) is 200 Å². The summed E-state index contributed by atoms with van der Waals surface area (Å²) in [6.45, 7) is 0. The average Bonchev–Trinajstić information content (AvgIpc) is 3.14. The topological polar surface area (TPSA) is 6.48 Å². The van der Waals surface area contributed by atoms with Crippen molar-refractivity contribution >= 4 is 39.2 Å². The Morgan fingerprint density at radius 2 is 1.02 bits per heavy atom. The lowest BCUT2D eigenvalue weighted by molar-refractivity contribution is 0.640. The van der Waals surface area contributed by atoms with E-state index >= 15 is 0 Å². The molecular formula is C44H34N2. The van der Waals surface area contributed by atoms with E-state index in [1.807, 2.05) is 0 Å². The molecule has 46 heavy (non-hydrogen) atoms. The van der Waals surface area contributed by atoms with Crippen molar-refractivity contribution in [2.45, 2.75) is 6.04 Å². The van der Waals surface area contributed by atoms with Crippen molar-refractivity contribution in [1.29, 1.82) is 0 Å². The highest BCUT2D eigenvalue weighted by molar-refractivity contribution is 5.99. The summed E-state index contributed by atoms with van der Waals surface area (Å²) in [5, 5.41) is 2.46. The Labute approximate surface area is 271 Å². The maximum absolute atomic E-state index is 2.46. The van der Waals surface area contributed by atoms with Crippen LogP contribution in [0.15, 0.2) is 200 Å². The third-order valence-corrected chi connectivity index (χ3v) is 9.03. The molecule has 6 aromatic rings. The standard InChI is InChI=1S/C44H34N2/c1-3-17-37(18-4-1)45(43-23-11-15-35-13-7-9-21-41(35)43)39-29-25-33(26-30-39)34-27-31-40(32-28-34)46(38-19-5-2-6-20-38)44-24-12-16-36-14-8-10-22-42(36)44/h1-32,41,43H. The second kappa shape index (κ2) is 12.3. The highest BCUT2D eigenvalue weighted by Crippen LogP contribution is 2.41. The molecular weight excluding hydrogens is 556 g/mol. The summed E-state index contributed by atoms with van der Waals surface area (Å²) in [5.74, 6) is 0.303. The molecule has 0 aliphatic heterocycles. The van der Waals surface area contributed by atoms with Crippen molar-refractivity contribution in [2.24, 2.45) is 5.92 Å². The Morgan fingerprint density at radius 1 is 0.435 bits per heavy atom. The molecule has 0 radical (unpaired) electrons. The van der Waals surface area contributed by atoms with Gasteiger partial charge in [-0.05, 0) is 76.7 Å². The molecule has 2 unspecified atom stereocenters. The van der Waals surface area contributed by atoms with Gasteiger partial charge in [-0.25, -0.2) is 0 Å². The van der Waals surface area contributed by atoms with Gasteiger partial charge in [0, 0.05) is 34.1 Å². The lowest BCUT2D eigenvalue weighted by atomic mass is 9.83. The highest BCUT2D eigenvalue weighted by Gasteiger charge is 2.29. The molecule has 220 valence electrons. The largest absolute Gasteiger partial charge is 0.334 e. The van der Waals surface area contributed by atoms with Crippen molar-refractivity contribution in [1.82, 2.24) is 0 Å². The van der Waals surface area contributed by atoms with E-state index in [2.05, 4.69) is 204 Å². The van der Waals surface area contributed by atoms with Crippen LogP contribution < -0.4 is 9.80 Å². The number of hydrogen-bond donors (Lipinski definition) is 0. The number of rotatable bonds is 7. The fourth-order valence-corrected chi connectivity index (χ4v) is 6.80. The molecule has 0 saturated heterocycles. The molecule has 2 aliphatic rings. The van der Waals surface area contributed by atoms with Crippen LogP contribution in [0.3, 0.4) is 0 Å².